The fraction of sp³-hybridized carbons (Fsp3) is 1.00. The zero-order chi connectivity index (χ0) is 5.21. The molecule has 0 N–H and O–H groups in total. The minimum atomic E-state index is -0.786. The first-order chi connectivity index (χ1) is 2.56. The molecular formula is C4H9IK2O. The van der Waals surface area contributed by atoms with Crippen molar-refractivity contribution in [2.24, 2.45) is 0 Å². The second-order valence-electron chi connectivity index (χ2n) is 2.14. The SMILES string of the molecule is CC(C)(C)[I-][O-].[K+].[K+]. The van der Waals surface area contributed by atoms with Crippen LogP contribution in [0.15, 0.2) is 0 Å². The smallest absolute Gasteiger partial charge is 1.00 e. The molecule has 0 aliphatic rings. The van der Waals surface area contributed by atoms with Gasteiger partial charge < -0.3 is 0 Å². The first-order valence-corrected chi connectivity index (χ1v) is 3.80. The topological polar surface area (TPSA) is 23.1 Å². The van der Waals surface area contributed by atoms with Gasteiger partial charge in [-0.3, -0.25) is 0 Å². The van der Waals surface area contributed by atoms with Gasteiger partial charge >= 0.3 is 152 Å². The molecule has 0 radical (unpaired) electrons. The molecule has 8 heavy (non-hydrogen) atoms. The molecular weight excluding hydrogens is 269 g/mol. The standard InChI is InChI=1S/C4H9IO.2K/c1-4(2,3)5-6;;/h1-3H3;;/q-2;2*+1. The van der Waals surface area contributed by atoms with Crippen LogP contribution < -0.4 is 128 Å². The maximum atomic E-state index is 10.1. The second-order valence-corrected chi connectivity index (χ2v) is 5.82. The number of rotatable bonds is 0. The van der Waals surface area contributed by atoms with Crippen LogP contribution in [0.3, 0.4) is 0 Å². The number of hydrogen-bond acceptors (Lipinski definition) is 1. The average molecular weight is 278 g/mol. The van der Waals surface area contributed by atoms with Crippen molar-refractivity contribution >= 4 is 0 Å². The van der Waals surface area contributed by atoms with E-state index in [4.69, 9.17) is 0 Å². The van der Waals surface area contributed by atoms with Gasteiger partial charge in [0.05, 0.1) is 0 Å². The van der Waals surface area contributed by atoms with Crippen LogP contribution in [0.25, 0.3) is 0 Å². The number of alkyl halides is 1. The molecule has 0 spiro atoms. The van der Waals surface area contributed by atoms with E-state index >= 15 is 0 Å². The summed E-state index contributed by atoms with van der Waals surface area (Å²) < 4.78 is 10.2. The van der Waals surface area contributed by atoms with Crippen molar-refractivity contribution in [3.05, 3.63) is 0 Å². The maximum Gasteiger partial charge on any atom is 1.00 e. The molecule has 0 rings (SSSR count). The van der Waals surface area contributed by atoms with E-state index in [0.717, 1.165) is 0 Å². The fourth-order valence-electron chi connectivity index (χ4n) is 0. The minimum absolute atomic E-state index is 0. The molecule has 0 saturated carbocycles. The molecule has 0 aromatic heterocycles. The zero-order valence-electron chi connectivity index (χ0n) is 6.29. The van der Waals surface area contributed by atoms with Crippen LogP contribution in [0.2, 0.25) is 0 Å². The van der Waals surface area contributed by atoms with Gasteiger partial charge in [0.2, 0.25) is 0 Å². The molecule has 4 heteroatoms. The van der Waals surface area contributed by atoms with Crippen molar-refractivity contribution in [1.29, 1.82) is 0 Å². The van der Waals surface area contributed by atoms with Crippen molar-refractivity contribution < 1.29 is 128 Å². The van der Waals surface area contributed by atoms with Crippen molar-refractivity contribution in [1.82, 2.24) is 0 Å². The van der Waals surface area contributed by atoms with E-state index in [0.29, 0.717) is 0 Å². The van der Waals surface area contributed by atoms with Gasteiger partial charge in [0.15, 0.2) is 0 Å². The molecule has 0 atom stereocenters. The first kappa shape index (κ1) is 17.9. The second kappa shape index (κ2) is 9.05. The largest absolute Gasteiger partial charge is 1.00 e. The van der Waals surface area contributed by atoms with Crippen LogP contribution in [0, 0.1) is 0 Å². The summed E-state index contributed by atoms with van der Waals surface area (Å²) in [6.45, 7) is 5.94. The molecule has 0 amide bonds. The van der Waals surface area contributed by atoms with E-state index in [1.807, 2.05) is 20.8 Å². The van der Waals surface area contributed by atoms with Gasteiger partial charge in [0, 0.05) is 0 Å². The Morgan fingerprint density at radius 1 is 1.12 bits per heavy atom. The summed E-state index contributed by atoms with van der Waals surface area (Å²) in [6.07, 6.45) is 0. The summed E-state index contributed by atoms with van der Waals surface area (Å²) in [5, 5.41) is 0. The van der Waals surface area contributed by atoms with Crippen molar-refractivity contribution in [3.8, 4) is 0 Å². The summed E-state index contributed by atoms with van der Waals surface area (Å²) in [6, 6.07) is 0. The fourth-order valence-corrected chi connectivity index (χ4v) is 0. The Hall–Kier alpha value is 3.96. The summed E-state index contributed by atoms with van der Waals surface area (Å²) >= 11 is -0.786. The Morgan fingerprint density at radius 2 is 1.25 bits per heavy atom. The van der Waals surface area contributed by atoms with Gasteiger partial charge in [0.25, 0.3) is 0 Å². The number of hydrogen-bond donors (Lipinski definition) is 0. The molecule has 0 unspecified atom stereocenters. The van der Waals surface area contributed by atoms with E-state index < -0.39 is 21.6 Å². The number of halogens is 1. The molecule has 0 aliphatic carbocycles. The van der Waals surface area contributed by atoms with Gasteiger partial charge in [-0.05, 0) is 0 Å². The monoisotopic (exact) mass is 278 g/mol. The summed E-state index contributed by atoms with van der Waals surface area (Å²) in [5.41, 5.74) is 0. The van der Waals surface area contributed by atoms with E-state index in [1.54, 1.807) is 0 Å². The Kier molecular flexibility index (Phi) is 20.3. The third-order valence-electron chi connectivity index (χ3n) is 0.231. The third-order valence-corrected chi connectivity index (χ3v) is 1.55. The van der Waals surface area contributed by atoms with Crippen molar-refractivity contribution in [2.75, 3.05) is 0 Å². The van der Waals surface area contributed by atoms with Crippen LogP contribution in [-0.2, 0) is 0 Å². The Bertz CT molecular complexity index is 43.8. The molecule has 1 nitrogen and oxygen atoms in total. The summed E-state index contributed by atoms with van der Waals surface area (Å²) in [4.78, 5) is 0. The summed E-state index contributed by atoms with van der Waals surface area (Å²) in [5.74, 6) is 0. The maximum absolute atomic E-state index is 10.1. The van der Waals surface area contributed by atoms with Crippen molar-refractivity contribution in [3.63, 3.8) is 0 Å². The predicted molar refractivity (Wildman–Crippen MR) is 19.8 cm³/mol. The van der Waals surface area contributed by atoms with Crippen LogP contribution in [-0.4, -0.2) is 3.42 Å². The molecule has 0 bridgehead atoms. The van der Waals surface area contributed by atoms with Crippen LogP contribution >= 0.6 is 0 Å². The minimum Gasteiger partial charge on any atom is 1.00 e. The molecule has 0 aromatic carbocycles. The predicted octanol–water partition coefficient (Wildman–Crippen LogP) is -8.84. The van der Waals surface area contributed by atoms with Gasteiger partial charge in [-0.1, -0.05) is 0 Å². The molecule has 40 valence electrons. The van der Waals surface area contributed by atoms with Crippen LogP contribution in [0.4, 0.5) is 0 Å². The summed E-state index contributed by atoms with van der Waals surface area (Å²) in [7, 11) is 0. The normalized spacial score (nSPS) is 9.50. The average Bonchev–Trinajstić information content (AvgIpc) is 1.35. The molecule has 0 fully saturated rings. The Labute approximate surface area is 147 Å². The molecule has 0 saturated heterocycles. The van der Waals surface area contributed by atoms with Crippen LogP contribution in [0.5, 0.6) is 0 Å². The van der Waals surface area contributed by atoms with Crippen LogP contribution in [0.1, 0.15) is 20.8 Å². The van der Waals surface area contributed by atoms with Gasteiger partial charge in [-0.2, -0.15) is 0 Å². The Morgan fingerprint density at radius 3 is 1.25 bits per heavy atom. The third kappa shape index (κ3) is 16.5. The van der Waals surface area contributed by atoms with Crippen molar-refractivity contribution in [2.45, 2.75) is 24.2 Å². The van der Waals surface area contributed by atoms with E-state index in [-0.39, 0.29) is 106 Å². The first-order valence-electron chi connectivity index (χ1n) is 1.84. The molecule has 0 heterocycles. The van der Waals surface area contributed by atoms with Gasteiger partial charge in [0.1, 0.15) is 0 Å². The van der Waals surface area contributed by atoms with Gasteiger partial charge in [-0.25, -0.2) is 0 Å². The van der Waals surface area contributed by atoms with E-state index in [1.165, 1.54) is 0 Å². The molecule has 0 aliphatic heterocycles. The van der Waals surface area contributed by atoms with E-state index in [9.17, 15) is 3.44 Å². The van der Waals surface area contributed by atoms with Gasteiger partial charge in [-0.15, -0.1) is 0 Å². The Balaban J connectivity index is -0.000000125. The quantitative estimate of drug-likeness (QED) is 0.245. The molecule has 0 aromatic rings. The van der Waals surface area contributed by atoms with E-state index in [2.05, 4.69) is 0 Å². The zero-order valence-corrected chi connectivity index (χ0v) is 14.7.